The predicted molar refractivity (Wildman–Crippen MR) is 220 cm³/mol. The van der Waals surface area contributed by atoms with Crippen LogP contribution in [0.5, 0.6) is 11.5 Å². The van der Waals surface area contributed by atoms with Crippen LogP contribution in [-0.2, 0) is 35.6 Å². The van der Waals surface area contributed by atoms with Crippen LogP contribution in [0.2, 0.25) is 0 Å². The molecule has 3 N–H and O–H groups in total. The van der Waals surface area contributed by atoms with Crippen molar-refractivity contribution >= 4 is 44.7 Å². The van der Waals surface area contributed by atoms with Gasteiger partial charge in [0.05, 0.1) is 29.1 Å². The molecule has 59 heavy (non-hydrogen) atoms. The lowest BCUT2D eigenvalue weighted by Crippen LogP contribution is -2.59. The molecule has 322 valence electrons. The summed E-state index contributed by atoms with van der Waals surface area (Å²) >= 11 is 0. The fourth-order valence-electron chi connectivity index (χ4n) is 8.96. The van der Waals surface area contributed by atoms with Crippen molar-refractivity contribution < 1.29 is 46.9 Å². The molecule has 0 bridgehead atoms. The second-order valence-corrected chi connectivity index (χ2v) is 20.9. The van der Waals surface area contributed by atoms with Gasteiger partial charge in [-0.25, -0.2) is 18.2 Å². The third-order valence-electron chi connectivity index (χ3n) is 12.7. The summed E-state index contributed by atoms with van der Waals surface area (Å²) in [5.41, 5.74) is -0.706. The molecule has 7 rings (SSSR count). The van der Waals surface area contributed by atoms with Crippen LogP contribution in [0.25, 0.3) is 10.9 Å². The van der Waals surface area contributed by atoms with Gasteiger partial charge in [-0.15, -0.1) is 0 Å². The molecule has 3 aliphatic heterocycles. The number of hydrogen-bond acceptors (Lipinski definition) is 10. The van der Waals surface area contributed by atoms with E-state index in [9.17, 15) is 27.9 Å². The number of hydrogen-bond donors (Lipinski definition) is 3. The zero-order chi connectivity index (χ0) is 42.5. The molecule has 4 heterocycles. The number of allylic oxidation sites excluding steroid dienone is 1. The van der Waals surface area contributed by atoms with E-state index in [0.29, 0.717) is 68.9 Å². The Bertz CT molecular complexity index is 2150. The molecule has 2 aliphatic carbocycles. The Morgan fingerprint density at radius 1 is 1.12 bits per heavy atom. The first-order chi connectivity index (χ1) is 27.8. The lowest BCUT2D eigenvalue weighted by Gasteiger charge is -2.38. The Morgan fingerprint density at radius 2 is 1.88 bits per heavy atom. The highest BCUT2D eigenvalue weighted by atomic mass is 32.2. The fraction of sp³-hybridized carbons (Fsp3) is 0.651. The molecule has 2 saturated carbocycles. The average molecular weight is 838 g/mol. The van der Waals surface area contributed by atoms with Crippen LogP contribution in [0.15, 0.2) is 30.4 Å². The number of rotatable bonds is 9. The molecular weight excluding hydrogens is 779 g/mol. The van der Waals surface area contributed by atoms with E-state index in [1.807, 2.05) is 58.0 Å². The van der Waals surface area contributed by atoms with Gasteiger partial charge in [0.1, 0.15) is 41.3 Å². The molecule has 5 atom stereocenters. The van der Waals surface area contributed by atoms with Crippen LogP contribution in [0.4, 0.5) is 4.79 Å². The minimum atomic E-state index is -4.02. The van der Waals surface area contributed by atoms with E-state index in [0.717, 1.165) is 29.3 Å². The summed E-state index contributed by atoms with van der Waals surface area (Å²) in [6.45, 7) is 10.1. The van der Waals surface area contributed by atoms with Gasteiger partial charge in [-0.05, 0) is 88.8 Å². The lowest BCUT2D eigenvalue weighted by molar-refractivity contribution is -0.143. The highest BCUT2D eigenvalue weighted by molar-refractivity contribution is 7.91. The predicted octanol–water partition coefficient (Wildman–Crippen LogP) is 5.02. The van der Waals surface area contributed by atoms with Crippen molar-refractivity contribution in [1.82, 2.24) is 24.8 Å². The fourth-order valence-corrected chi connectivity index (χ4v) is 10.3. The summed E-state index contributed by atoms with van der Waals surface area (Å²) in [4.78, 5) is 64.4. The Balaban J connectivity index is 1.26. The highest BCUT2D eigenvalue weighted by Gasteiger charge is 2.64. The number of carbonyl (C=O) groups is 4. The molecule has 1 saturated heterocycles. The zero-order valence-corrected chi connectivity index (χ0v) is 35.9. The molecular formula is C43H59N5O10S. The number of nitrogens with one attached hydrogen (secondary N) is 2. The Kier molecular flexibility index (Phi) is 11.5. The summed E-state index contributed by atoms with van der Waals surface area (Å²) in [7, 11) is -2.41. The number of carboxylic acid groups (broad SMARTS) is 1. The van der Waals surface area contributed by atoms with Crippen molar-refractivity contribution in [2.24, 2.45) is 11.3 Å². The molecule has 15 nitrogen and oxygen atoms in total. The van der Waals surface area contributed by atoms with Crippen LogP contribution in [0.1, 0.15) is 103 Å². The minimum Gasteiger partial charge on any atom is -0.491 e. The number of benzene rings is 1. The third kappa shape index (κ3) is 8.61. The van der Waals surface area contributed by atoms with E-state index in [-0.39, 0.29) is 32.4 Å². The van der Waals surface area contributed by atoms with E-state index < -0.39 is 73.1 Å². The molecule has 1 spiro atoms. The standard InChI is InChI=1S/C43H59N5O10S/c1-27-35-30(31-22-29(57-21-20-56-6)14-15-32(31)44-27)16-17-42(58-35)24-34-36(49)45-43(38(51)46-59(54,55)41(5)18-19-41)23-28(43)12-10-8-7-9-11-13-33(37(50)47(34)26-42)48(39(52)53)25-40(2,3)4/h10,12,14-15,22,28,33-34H,7-9,11,13,16-21,23-26H2,1-6H3,(H,45,49)(H,46,51)(H,52,53)/b12-10-/t28-,33+,34+,42-,43-/m1/s1. The number of carbonyl (C=O) groups excluding carboxylic acids is 3. The van der Waals surface area contributed by atoms with Gasteiger partial charge < -0.3 is 29.5 Å². The highest BCUT2D eigenvalue weighted by Crippen LogP contribution is 2.49. The van der Waals surface area contributed by atoms with Gasteiger partial charge in [0.25, 0.3) is 5.91 Å². The van der Waals surface area contributed by atoms with Crippen LogP contribution >= 0.6 is 0 Å². The second kappa shape index (κ2) is 15.9. The van der Waals surface area contributed by atoms with Crippen molar-refractivity contribution in [2.75, 3.05) is 33.4 Å². The Hall–Kier alpha value is -4.44. The van der Waals surface area contributed by atoms with E-state index in [2.05, 4.69) is 10.0 Å². The summed E-state index contributed by atoms with van der Waals surface area (Å²) in [6, 6.07) is 3.47. The quantitative estimate of drug-likeness (QED) is 0.227. The average Bonchev–Trinajstić information content (AvgIpc) is 4.06. The monoisotopic (exact) mass is 837 g/mol. The van der Waals surface area contributed by atoms with Crippen LogP contribution in [-0.4, -0.2) is 114 Å². The van der Waals surface area contributed by atoms with Gasteiger partial charge in [0, 0.05) is 36.9 Å². The van der Waals surface area contributed by atoms with E-state index in [1.54, 1.807) is 14.0 Å². The van der Waals surface area contributed by atoms with Crippen molar-refractivity contribution in [1.29, 1.82) is 0 Å². The third-order valence-corrected chi connectivity index (χ3v) is 14.9. The molecule has 1 aromatic carbocycles. The maximum absolute atomic E-state index is 15.1. The normalized spacial score (nSPS) is 28.5. The Morgan fingerprint density at radius 3 is 2.58 bits per heavy atom. The van der Waals surface area contributed by atoms with Crippen molar-refractivity contribution in [3.63, 3.8) is 0 Å². The van der Waals surface area contributed by atoms with Crippen LogP contribution < -0.4 is 19.5 Å². The first-order valence-electron chi connectivity index (χ1n) is 20.9. The number of pyridine rings is 1. The number of sulfonamides is 1. The van der Waals surface area contributed by atoms with Gasteiger partial charge in [-0.1, -0.05) is 45.8 Å². The van der Waals surface area contributed by atoms with Gasteiger partial charge in [-0.3, -0.25) is 24.0 Å². The lowest BCUT2D eigenvalue weighted by atomic mass is 9.87. The molecule has 3 fully saturated rings. The van der Waals surface area contributed by atoms with Crippen molar-refractivity contribution in [2.45, 2.75) is 133 Å². The minimum absolute atomic E-state index is 0.00422. The molecule has 4 amide bonds. The van der Waals surface area contributed by atoms with Crippen LogP contribution in [0, 0.1) is 18.3 Å². The molecule has 0 radical (unpaired) electrons. The topological polar surface area (TPSA) is 194 Å². The number of aromatic nitrogens is 1. The van der Waals surface area contributed by atoms with Gasteiger partial charge in [0.2, 0.25) is 21.8 Å². The maximum Gasteiger partial charge on any atom is 0.407 e. The Labute approximate surface area is 346 Å². The summed E-state index contributed by atoms with van der Waals surface area (Å²) in [6.07, 6.45) is 7.71. The number of nitrogens with zero attached hydrogens (tertiary/aromatic N) is 3. The summed E-state index contributed by atoms with van der Waals surface area (Å²) in [5.74, 6) is -1.16. The summed E-state index contributed by atoms with van der Waals surface area (Å²) < 4.78 is 45.8. The van der Waals surface area contributed by atoms with Gasteiger partial charge >= 0.3 is 6.09 Å². The van der Waals surface area contributed by atoms with E-state index in [4.69, 9.17) is 19.2 Å². The maximum atomic E-state index is 15.1. The first kappa shape index (κ1) is 42.7. The molecule has 16 heteroatoms. The number of fused-ring (bicyclic) bond motifs is 5. The smallest absolute Gasteiger partial charge is 0.407 e. The van der Waals surface area contributed by atoms with E-state index in [1.165, 1.54) is 9.80 Å². The number of amides is 4. The van der Waals surface area contributed by atoms with Crippen molar-refractivity contribution in [3.05, 3.63) is 41.6 Å². The van der Waals surface area contributed by atoms with Gasteiger partial charge in [0.15, 0.2) is 0 Å². The zero-order valence-electron chi connectivity index (χ0n) is 35.1. The van der Waals surface area contributed by atoms with Gasteiger partial charge in [-0.2, -0.15) is 0 Å². The number of aryl methyl sites for hydroxylation is 2. The van der Waals surface area contributed by atoms with Crippen LogP contribution in [0.3, 0.4) is 0 Å². The number of ether oxygens (including phenoxy) is 3. The largest absolute Gasteiger partial charge is 0.491 e. The molecule has 2 aromatic rings. The SMILES string of the molecule is COCCOc1ccc2nc(C)c3c(c2c1)CC[C@]1(C[C@H]2C(=O)N[C@]4(C(=O)NS(=O)(=O)C5(C)CC5)C[C@H]4/C=C\CCCCC[C@H](N(CC(C)(C)C)C(=O)O)C(=O)N2C1)O3. The molecule has 5 aliphatic rings. The summed E-state index contributed by atoms with van der Waals surface area (Å²) in [5, 5.41) is 14.4. The van der Waals surface area contributed by atoms with E-state index >= 15 is 4.79 Å². The molecule has 0 unspecified atom stereocenters. The van der Waals surface area contributed by atoms with Crippen molar-refractivity contribution in [3.8, 4) is 11.5 Å². The molecule has 1 aromatic heterocycles. The second-order valence-electron chi connectivity index (χ2n) is 18.7. The first-order valence-corrected chi connectivity index (χ1v) is 22.4. The number of methoxy groups -OCH3 is 1.